The lowest BCUT2D eigenvalue weighted by Gasteiger charge is -2.18. The van der Waals surface area contributed by atoms with E-state index in [1.807, 2.05) is 0 Å². The van der Waals surface area contributed by atoms with Crippen LogP contribution < -0.4 is 4.74 Å². The maximum absolute atomic E-state index is 14.5. The Balaban J connectivity index is 2.36. The fraction of sp³-hybridized carbons (Fsp3) is 0.278. The summed E-state index contributed by atoms with van der Waals surface area (Å²) in [6, 6.07) is 5.37. The number of rotatable bonds is 6. The molecule has 1 aromatic heterocycles. The smallest absolute Gasteiger partial charge is 0.352 e. The topological polar surface area (TPSA) is 74.7 Å². The molecule has 1 unspecified atom stereocenters. The molecule has 2 aromatic rings. The summed E-state index contributed by atoms with van der Waals surface area (Å²) < 4.78 is 29.5. The zero-order valence-corrected chi connectivity index (χ0v) is 16.2. The molecule has 144 valence electrons. The van der Waals surface area contributed by atoms with E-state index >= 15 is 0 Å². The molecule has 0 bridgehead atoms. The minimum absolute atomic E-state index is 0.0877. The highest BCUT2D eigenvalue weighted by molar-refractivity contribution is 6.35. The number of pyridine rings is 1. The van der Waals surface area contributed by atoms with Gasteiger partial charge in [0.2, 0.25) is 6.10 Å². The number of methoxy groups -OCH3 is 1. The molecule has 1 atom stereocenters. The van der Waals surface area contributed by atoms with Crippen molar-refractivity contribution in [2.75, 3.05) is 7.11 Å². The van der Waals surface area contributed by atoms with Crippen molar-refractivity contribution < 1.29 is 28.2 Å². The van der Waals surface area contributed by atoms with E-state index in [0.29, 0.717) is 5.02 Å². The summed E-state index contributed by atoms with van der Waals surface area (Å²) in [5.74, 6) is -3.34. The van der Waals surface area contributed by atoms with E-state index in [2.05, 4.69) is 9.72 Å². The van der Waals surface area contributed by atoms with Gasteiger partial charge in [-0.25, -0.2) is 19.0 Å². The Labute approximate surface area is 165 Å². The number of ether oxygens (including phenoxy) is 3. The molecular formula is C18H16Cl2FNO5. The molecule has 9 heteroatoms. The molecule has 0 aliphatic rings. The molecule has 0 saturated carbocycles. The van der Waals surface area contributed by atoms with Gasteiger partial charge < -0.3 is 14.2 Å². The van der Waals surface area contributed by atoms with Crippen LogP contribution in [-0.2, 0) is 14.3 Å². The van der Waals surface area contributed by atoms with Gasteiger partial charge in [-0.05, 0) is 32.0 Å². The Kier molecular flexibility index (Phi) is 6.98. The second-order valence-corrected chi connectivity index (χ2v) is 6.46. The normalized spacial score (nSPS) is 11.8. The number of nitrogens with zero attached hydrogens (tertiary/aromatic N) is 1. The third-order valence-electron chi connectivity index (χ3n) is 3.31. The van der Waals surface area contributed by atoms with E-state index in [0.717, 1.165) is 13.2 Å². The third kappa shape index (κ3) is 5.08. The number of aromatic nitrogens is 1. The summed E-state index contributed by atoms with van der Waals surface area (Å²) in [4.78, 5) is 28.3. The lowest BCUT2D eigenvalue weighted by atomic mass is 10.1. The summed E-state index contributed by atoms with van der Waals surface area (Å²) in [7, 11) is 1.12. The molecular weight excluding hydrogens is 400 g/mol. The van der Waals surface area contributed by atoms with Gasteiger partial charge in [-0.15, -0.1) is 0 Å². The highest BCUT2D eigenvalue weighted by Crippen LogP contribution is 2.30. The number of hydrogen-bond donors (Lipinski definition) is 0. The molecule has 27 heavy (non-hydrogen) atoms. The fourth-order valence-electron chi connectivity index (χ4n) is 2.12. The molecule has 6 nitrogen and oxygen atoms in total. The highest BCUT2D eigenvalue weighted by Gasteiger charge is 2.30. The average molecular weight is 416 g/mol. The van der Waals surface area contributed by atoms with E-state index in [9.17, 15) is 14.0 Å². The molecule has 0 amide bonds. The van der Waals surface area contributed by atoms with Crippen LogP contribution in [0.25, 0.3) is 0 Å². The van der Waals surface area contributed by atoms with E-state index < -0.39 is 29.4 Å². The Morgan fingerprint density at radius 2 is 1.89 bits per heavy atom. The van der Waals surface area contributed by atoms with Crippen LogP contribution in [0.5, 0.6) is 5.88 Å². The van der Waals surface area contributed by atoms with Crippen molar-refractivity contribution in [1.82, 2.24) is 4.98 Å². The van der Waals surface area contributed by atoms with Crippen LogP contribution in [0.1, 0.15) is 35.9 Å². The molecule has 0 N–H and O–H groups in total. The van der Waals surface area contributed by atoms with Crippen molar-refractivity contribution in [1.29, 1.82) is 0 Å². The summed E-state index contributed by atoms with van der Waals surface area (Å²) in [6.07, 6.45) is -0.664. The van der Waals surface area contributed by atoms with Gasteiger partial charge in [0.15, 0.2) is 5.82 Å². The van der Waals surface area contributed by atoms with Crippen molar-refractivity contribution >= 4 is 35.1 Å². The fourth-order valence-corrected chi connectivity index (χ4v) is 2.63. The van der Waals surface area contributed by atoms with E-state index in [1.54, 1.807) is 13.8 Å². The number of carbonyl (C=O) groups is 2. The van der Waals surface area contributed by atoms with Gasteiger partial charge in [0.1, 0.15) is 5.56 Å². The van der Waals surface area contributed by atoms with Crippen LogP contribution in [0.4, 0.5) is 4.39 Å². The average Bonchev–Trinajstić information content (AvgIpc) is 2.60. The molecule has 0 aliphatic carbocycles. The van der Waals surface area contributed by atoms with E-state index in [-0.39, 0.29) is 22.6 Å². The first-order valence-corrected chi connectivity index (χ1v) is 8.55. The Bertz CT molecular complexity index is 860. The van der Waals surface area contributed by atoms with Gasteiger partial charge in [0.05, 0.1) is 13.2 Å². The SMILES string of the molecule is COC(=O)C(OC(=O)c1ccnc(OC(C)C)c1F)c1ccc(Cl)cc1Cl. The lowest BCUT2D eigenvalue weighted by molar-refractivity contribution is -0.151. The molecule has 0 radical (unpaired) electrons. The van der Waals surface area contributed by atoms with E-state index in [4.69, 9.17) is 32.7 Å². The van der Waals surface area contributed by atoms with Crippen LogP contribution in [0.15, 0.2) is 30.5 Å². The Morgan fingerprint density at radius 1 is 1.19 bits per heavy atom. The molecule has 0 fully saturated rings. The number of carbonyl (C=O) groups excluding carboxylic acids is 2. The van der Waals surface area contributed by atoms with Gasteiger partial charge in [-0.3, -0.25) is 0 Å². The van der Waals surface area contributed by atoms with Crippen LogP contribution >= 0.6 is 23.2 Å². The summed E-state index contributed by atoms with van der Waals surface area (Å²) >= 11 is 11.9. The van der Waals surface area contributed by atoms with E-state index in [1.165, 1.54) is 24.4 Å². The molecule has 1 heterocycles. The number of hydrogen-bond acceptors (Lipinski definition) is 6. The first-order valence-electron chi connectivity index (χ1n) is 7.79. The van der Waals surface area contributed by atoms with Gasteiger partial charge in [0, 0.05) is 21.8 Å². The second-order valence-electron chi connectivity index (χ2n) is 5.62. The predicted octanol–water partition coefficient (Wildman–Crippen LogP) is 4.39. The number of halogens is 3. The van der Waals surface area contributed by atoms with Crippen molar-refractivity contribution in [2.45, 2.75) is 26.1 Å². The second kappa shape index (κ2) is 9.01. The minimum Gasteiger partial charge on any atom is -0.473 e. The van der Waals surface area contributed by atoms with Gasteiger partial charge in [0.25, 0.3) is 5.88 Å². The first-order chi connectivity index (χ1) is 12.7. The zero-order valence-electron chi connectivity index (χ0n) is 14.7. The number of benzene rings is 1. The monoisotopic (exact) mass is 415 g/mol. The lowest BCUT2D eigenvalue weighted by Crippen LogP contribution is -2.22. The summed E-state index contributed by atoms with van der Waals surface area (Å²) in [5, 5.41) is 0.416. The maximum Gasteiger partial charge on any atom is 0.352 e. The van der Waals surface area contributed by atoms with Gasteiger partial charge in [-0.1, -0.05) is 29.3 Å². The van der Waals surface area contributed by atoms with Crippen LogP contribution in [0.2, 0.25) is 10.0 Å². The maximum atomic E-state index is 14.5. The van der Waals surface area contributed by atoms with Crippen molar-refractivity contribution in [3.63, 3.8) is 0 Å². The Morgan fingerprint density at radius 3 is 2.48 bits per heavy atom. The zero-order chi connectivity index (χ0) is 20.1. The largest absolute Gasteiger partial charge is 0.473 e. The quantitative estimate of drug-likeness (QED) is 0.651. The Hall–Kier alpha value is -2.38. The van der Waals surface area contributed by atoms with Crippen molar-refractivity contribution in [2.24, 2.45) is 0 Å². The highest BCUT2D eigenvalue weighted by atomic mass is 35.5. The van der Waals surface area contributed by atoms with Crippen LogP contribution in [-0.4, -0.2) is 30.1 Å². The molecule has 0 saturated heterocycles. The predicted molar refractivity (Wildman–Crippen MR) is 96.6 cm³/mol. The molecule has 0 aliphatic heterocycles. The van der Waals surface area contributed by atoms with Crippen molar-refractivity contribution in [3.05, 3.63) is 57.5 Å². The summed E-state index contributed by atoms with van der Waals surface area (Å²) in [5.41, 5.74) is -0.297. The van der Waals surface area contributed by atoms with Crippen LogP contribution in [0, 0.1) is 5.82 Å². The third-order valence-corrected chi connectivity index (χ3v) is 3.87. The van der Waals surface area contributed by atoms with Gasteiger partial charge >= 0.3 is 11.9 Å². The summed E-state index contributed by atoms with van der Waals surface area (Å²) in [6.45, 7) is 3.36. The van der Waals surface area contributed by atoms with Gasteiger partial charge in [-0.2, -0.15) is 0 Å². The first kappa shape index (κ1) is 20.9. The van der Waals surface area contributed by atoms with Crippen molar-refractivity contribution in [3.8, 4) is 5.88 Å². The molecule has 1 aromatic carbocycles. The molecule has 2 rings (SSSR count). The minimum atomic E-state index is -1.51. The molecule has 0 spiro atoms. The number of esters is 2. The van der Waals surface area contributed by atoms with Crippen LogP contribution in [0.3, 0.4) is 0 Å². The standard InChI is InChI=1S/C18H16Cl2FNO5/c1-9(2)26-16-14(21)12(6-7-22-16)17(23)27-15(18(24)25-3)11-5-4-10(19)8-13(11)20/h4-9,15H,1-3H3.